The first-order valence-electron chi connectivity index (χ1n) is 6.81. The maximum Gasteiger partial charge on any atom is 0.321 e. The number of rotatable bonds is 6. The van der Waals surface area contributed by atoms with Crippen LogP contribution in [-0.2, 0) is 5.75 Å². The van der Waals surface area contributed by atoms with Crippen molar-refractivity contribution < 1.29 is 4.74 Å². The molecule has 4 nitrogen and oxygen atoms in total. The smallest absolute Gasteiger partial charge is 0.321 e. The van der Waals surface area contributed by atoms with Gasteiger partial charge in [0.05, 0.1) is 6.61 Å². The van der Waals surface area contributed by atoms with Gasteiger partial charge in [-0.15, -0.1) is 0 Å². The van der Waals surface area contributed by atoms with E-state index in [1.807, 2.05) is 6.92 Å². The average molecular weight is 324 g/mol. The van der Waals surface area contributed by atoms with Crippen molar-refractivity contribution in [2.75, 3.05) is 6.61 Å². The van der Waals surface area contributed by atoms with Crippen LogP contribution in [0, 0.1) is 13.8 Å². The quantitative estimate of drug-likeness (QED) is 0.745. The fourth-order valence-electron chi connectivity index (χ4n) is 1.94. The molecule has 2 rings (SSSR count). The monoisotopic (exact) mass is 323 g/mol. The highest BCUT2D eigenvalue weighted by atomic mass is 35.5. The molecule has 0 radical (unpaired) electrons. The van der Waals surface area contributed by atoms with Crippen LogP contribution in [0.3, 0.4) is 0 Å². The SMILES string of the molecule is CCCOc1nc(Cl)nc(SCc2cc(C)cc(C)c2)n1. The first kappa shape index (κ1) is 16.0. The van der Waals surface area contributed by atoms with E-state index < -0.39 is 0 Å². The zero-order valence-corrected chi connectivity index (χ0v) is 14.0. The summed E-state index contributed by atoms with van der Waals surface area (Å²) < 4.78 is 5.41. The Morgan fingerprint density at radius 2 is 1.81 bits per heavy atom. The van der Waals surface area contributed by atoms with E-state index in [-0.39, 0.29) is 5.28 Å². The third kappa shape index (κ3) is 5.17. The molecule has 0 aliphatic heterocycles. The maximum atomic E-state index is 5.91. The summed E-state index contributed by atoms with van der Waals surface area (Å²) in [5.41, 5.74) is 3.75. The first-order valence-corrected chi connectivity index (χ1v) is 8.17. The average Bonchev–Trinajstić information content (AvgIpc) is 2.41. The number of thioether (sulfide) groups is 1. The first-order chi connectivity index (χ1) is 10.1. The number of aryl methyl sites for hydroxylation is 2. The van der Waals surface area contributed by atoms with E-state index in [2.05, 4.69) is 47.0 Å². The molecule has 0 saturated heterocycles. The van der Waals surface area contributed by atoms with Crippen LogP contribution in [0.15, 0.2) is 23.4 Å². The summed E-state index contributed by atoms with van der Waals surface area (Å²) in [7, 11) is 0. The van der Waals surface area contributed by atoms with Crippen LogP contribution in [0.1, 0.15) is 30.0 Å². The van der Waals surface area contributed by atoms with Gasteiger partial charge >= 0.3 is 6.01 Å². The van der Waals surface area contributed by atoms with E-state index in [9.17, 15) is 0 Å². The summed E-state index contributed by atoms with van der Waals surface area (Å²) in [4.78, 5) is 12.4. The van der Waals surface area contributed by atoms with Gasteiger partial charge in [-0.05, 0) is 37.4 Å². The summed E-state index contributed by atoms with van der Waals surface area (Å²) in [6, 6.07) is 6.78. The molecule has 21 heavy (non-hydrogen) atoms. The molecule has 6 heteroatoms. The van der Waals surface area contributed by atoms with E-state index in [1.54, 1.807) is 0 Å². The number of halogens is 1. The molecule has 2 aromatic rings. The van der Waals surface area contributed by atoms with Gasteiger partial charge in [0.1, 0.15) is 0 Å². The highest BCUT2D eigenvalue weighted by Gasteiger charge is 2.07. The molecule has 0 aliphatic rings. The third-order valence-corrected chi connectivity index (χ3v) is 3.74. The van der Waals surface area contributed by atoms with Gasteiger partial charge < -0.3 is 4.74 Å². The highest BCUT2D eigenvalue weighted by Crippen LogP contribution is 2.23. The Hall–Kier alpha value is -1.33. The predicted molar refractivity (Wildman–Crippen MR) is 86.1 cm³/mol. The number of benzene rings is 1. The summed E-state index contributed by atoms with van der Waals surface area (Å²) >= 11 is 7.43. The number of hydrogen-bond acceptors (Lipinski definition) is 5. The second kappa shape index (κ2) is 7.61. The minimum atomic E-state index is 0.166. The molecular formula is C15H18ClN3OS. The molecule has 0 saturated carbocycles. The van der Waals surface area contributed by atoms with Gasteiger partial charge in [0.2, 0.25) is 5.28 Å². The molecule has 1 aromatic heterocycles. The highest BCUT2D eigenvalue weighted by molar-refractivity contribution is 7.98. The Bertz CT molecular complexity index is 602. The fourth-order valence-corrected chi connectivity index (χ4v) is 2.90. The van der Waals surface area contributed by atoms with Gasteiger partial charge in [-0.3, -0.25) is 0 Å². The molecule has 112 valence electrons. The number of hydrogen-bond donors (Lipinski definition) is 0. The van der Waals surface area contributed by atoms with Crippen LogP contribution in [0.25, 0.3) is 0 Å². The Balaban J connectivity index is 2.06. The number of aromatic nitrogens is 3. The fraction of sp³-hybridized carbons (Fsp3) is 0.400. The zero-order chi connectivity index (χ0) is 15.2. The lowest BCUT2D eigenvalue weighted by Crippen LogP contribution is -2.02. The van der Waals surface area contributed by atoms with Gasteiger partial charge in [0.25, 0.3) is 0 Å². The third-order valence-electron chi connectivity index (χ3n) is 2.65. The van der Waals surface area contributed by atoms with Crippen molar-refractivity contribution in [3.05, 3.63) is 40.2 Å². The normalized spacial score (nSPS) is 10.7. The van der Waals surface area contributed by atoms with E-state index >= 15 is 0 Å². The molecule has 1 heterocycles. The van der Waals surface area contributed by atoms with Crippen LogP contribution >= 0.6 is 23.4 Å². The lowest BCUT2D eigenvalue weighted by Gasteiger charge is -2.06. The molecule has 0 aliphatic carbocycles. The molecule has 0 fully saturated rings. The Labute approximate surface area is 134 Å². The van der Waals surface area contributed by atoms with Gasteiger partial charge in [-0.2, -0.15) is 15.0 Å². The molecule has 0 atom stereocenters. The predicted octanol–water partition coefficient (Wildman–Crippen LogP) is 4.22. The van der Waals surface area contributed by atoms with Crippen molar-refractivity contribution in [1.82, 2.24) is 15.0 Å². The van der Waals surface area contributed by atoms with Crippen molar-refractivity contribution in [1.29, 1.82) is 0 Å². The maximum absolute atomic E-state index is 5.91. The molecule has 0 N–H and O–H groups in total. The number of ether oxygens (including phenoxy) is 1. The molecule has 0 spiro atoms. The van der Waals surface area contributed by atoms with E-state index in [4.69, 9.17) is 16.3 Å². The Kier molecular flexibility index (Phi) is 5.82. The second-order valence-corrected chi connectivity index (χ2v) is 6.08. The molecule has 0 unspecified atom stereocenters. The van der Waals surface area contributed by atoms with Gasteiger partial charge in [0.15, 0.2) is 5.16 Å². The summed E-state index contributed by atoms with van der Waals surface area (Å²) in [5.74, 6) is 0.788. The van der Waals surface area contributed by atoms with Gasteiger partial charge in [-0.25, -0.2) is 0 Å². The van der Waals surface area contributed by atoms with Crippen LogP contribution in [0.2, 0.25) is 5.28 Å². The van der Waals surface area contributed by atoms with Gasteiger partial charge in [-0.1, -0.05) is 48.0 Å². The molecule has 0 bridgehead atoms. The van der Waals surface area contributed by atoms with Crippen LogP contribution < -0.4 is 4.74 Å². The Morgan fingerprint density at radius 3 is 2.48 bits per heavy atom. The standard InChI is InChI=1S/C15H18ClN3OS/c1-4-5-20-14-17-13(16)18-15(19-14)21-9-12-7-10(2)6-11(3)8-12/h6-8H,4-5,9H2,1-3H3. The molecular weight excluding hydrogens is 306 g/mol. The summed E-state index contributed by atoms with van der Waals surface area (Å²) in [5, 5.41) is 0.749. The van der Waals surface area contributed by atoms with Crippen molar-refractivity contribution in [3.63, 3.8) is 0 Å². The van der Waals surface area contributed by atoms with E-state index in [0.717, 1.165) is 12.2 Å². The Morgan fingerprint density at radius 1 is 1.10 bits per heavy atom. The summed E-state index contributed by atoms with van der Waals surface area (Å²) in [6.07, 6.45) is 0.897. The second-order valence-electron chi connectivity index (χ2n) is 4.80. The van der Waals surface area contributed by atoms with Crippen molar-refractivity contribution in [3.8, 4) is 6.01 Å². The molecule has 0 amide bonds. The van der Waals surface area contributed by atoms with Crippen molar-refractivity contribution in [2.24, 2.45) is 0 Å². The number of nitrogens with zero attached hydrogens (tertiary/aromatic N) is 3. The van der Waals surface area contributed by atoms with E-state index in [1.165, 1.54) is 28.5 Å². The minimum absolute atomic E-state index is 0.166. The van der Waals surface area contributed by atoms with Crippen LogP contribution in [-0.4, -0.2) is 21.6 Å². The van der Waals surface area contributed by atoms with E-state index in [0.29, 0.717) is 17.8 Å². The minimum Gasteiger partial charge on any atom is -0.463 e. The zero-order valence-electron chi connectivity index (χ0n) is 12.4. The largest absolute Gasteiger partial charge is 0.463 e. The lowest BCUT2D eigenvalue weighted by atomic mass is 10.1. The van der Waals surface area contributed by atoms with Gasteiger partial charge in [0, 0.05) is 5.75 Å². The van der Waals surface area contributed by atoms with Crippen LogP contribution in [0.5, 0.6) is 6.01 Å². The topological polar surface area (TPSA) is 47.9 Å². The summed E-state index contributed by atoms with van der Waals surface area (Å²) in [6.45, 7) is 6.79. The molecule has 1 aromatic carbocycles. The lowest BCUT2D eigenvalue weighted by molar-refractivity contribution is 0.288. The van der Waals surface area contributed by atoms with Crippen LogP contribution in [0.4, 0.5) is 0 Å². The van der Waals surface area contributed by atoms with Crippen molar-refractivity contribution in [2.45, 2.75) is 38.1 Å². The van der Waals surface area contributed by atoms with Crippen molar-refractivity contribution >= 4 is 23.4 Å².